The molecule has 2 aliphatic rings. The third-order valence-corrected chi connectivity index (χ3v) is 4.65. The van der Waals surface area contributed by atoms with Crippen LogP contribution in [0, 0.1) is 11.3 Å². The maximum absolute atomic E-state index is 12.5. The number of hydrazone groups is 1. The van der Waals surface area contributed by atoms with E-state index in [1.807, 2.05) is 35.2 Å². The lowest BCUT2D eigenvalue weighted by Gasteiger charge is -2.26. The number of hydrogen-bond acceptors (Lipinski definition) is 4. The summed E-state index contributed by atoms with van der Waals surface area (Å²) in [5.41, 5.74) is 2.04. The van der Waals surface area contributed by atoms with Gasteiger partial charge < -0.3 is 0 Å². The molecule has 0 unspecified atom stereocenters. The molecule has 5 nitrogen and oxygen atoms in total. The smallest absolute Gasteiger partial charge is 0.256 e. The van der Waals surface area contributed by atoms with Crippen LogP contribution < -0.4 is 0 Å². The van der Waals surface area contributed by atoms with Gasteiger partial charge in [-0.25, -0.2) is 5.01 Å². The zero-order valence-corrected chi connectivity index (χ0v) is 13.3. The average molecular weight is 310 g/mol. The maximum Gasteiger partial charge on any atom is 0.256 e. The minimum Gasteiger partial charge on any atom is -0.278 e. The Morgan fingerprint density at radius 1 is 1.30 bits per heavy atom. The lowest BCUT2D eigenvalue weighted by molar-refractivity contribution is -0.132. The van der Waals surface area contributed by atoms with Gasteiger partial charge in [0.2, 0.25) is 0 Å². The molecule has 120 valence electrons. The molecule has 1 fully saturated rings. The molecule has 0 aromatic heterocycles. The monoisotopic (exact) mass is 310 g/mol. The van der Waals surface area contributed by atoms with Gasteiger partial charge in [-0.05, 0) is 18.4 Å². The van der Waals surface area contributed by atoms with Crippen molar-refractivity contribution in [3.8, 4) is 6.07 Å². The number of amides is 1. The summed E-state index contributed by atoms with van der Waals surface area (Å²) in [7, 11) is 0. The van der Waals surface area contributed by atoms with Crippen molar-refractivity contribution in [3.63, 3.8) is 0 Å². The van der Waals surface area contributed by atoms with Crippen molar-refractivity contribution in [2.45, 2.75) is 38.1 Å². The van der Waals surface area contributed by atoms with Crippen LogP contribution in [0.5, 0.6) is 0 Å². The van der Waals surface area contributed by atoms with Crippen LogP contribution in [-0.4, -0.2) is 47.2 Å². The van der Waals surface area contributed by atoms with E-state index in [4.69, 9.17) is 5.26 Å². The topological polar surface area (TPSA) is 59.7 Å². The molecular weight excluding hydrogens is 288 g/mol. The first kappa shape index (κ1) is 15.7. The molecule has 5 heteroatoms. The van der Waals surface area contributed by atoms with Crippen LogP contribution in [0.1, 0.15) is 37.7 Å². The Morgan fingerprint density at radius 3 is 2.74 bits per heavy atom. The van der Waals surface area contributed by atoms with Crippen molar-refractivity contribution in [3.05, 3.63) is 35.9 Å². The van der Waals surface area contributed by atoms with E-state index >= 15 is 0 Å². The normalized spacial score (nSPS) is 18.3. The molecular formula is C18H22N4O. The second-order valence-electron chi connectivity index (χ2n) is 6.18. The molecule has 0 N–H and O–H groups in total. The first-order valence-corrected chi connectivity index (χ1v) is 8.32. The Balaban J connectivity index is 1.64. The van der Waals surface area contributed by atoms with Crippen LogP contribution in [0.2, 0.25) is 0 Å². The summed E-state index contributed by atoms with van der Waals surface area (Å²) >= 11 is 0. The van der Waals surface area contributed by atoms with Gasteiger partial charge in [0, 0.05) is 12.5 Å². The number of nitriles is 1. The summed E-state index contributed by atoms with van der Waals surface area (Å²) in [5, 5.41) is 15.1. The minimum absolute atomic E-state index is 0.00178. The molecule has 0 bridgehead atoms. The Hall–Kier alpha value is -2.19. The van der Waals surface area contributed by atoms with Gasteiger partial charge in [0.1, 0.15) is 0 Å². The summed E-state index contributed by atoms with van der Waals surface area (Å²) in [6, 6.07) is 12.6. The van der Waals surface area contributed by atoms with Gasteiger partial charge in [-0.15, -0.1) is 0 Å². The Labute approximate surface area is 137 Å². The number of nitrogens with zero attached hydrogens (tertiary/aromatic N) is 4. The van der Waals surface area contributed by atoms with Gasteiger partial charge in [0.25, 0.3) is 5.91 Å². The molecule has 1 aromatic rings. The number of hydrogen-bond donors (Lipinski definition) is 0. The third kappa shape index (κ3) is 3.77. The summed E-state index contributed by atoms with van der Waals surface area (Å²) in [5.74, 6) is -0.00178. The SMILES string of the molecule is N#CCN(CC(=O)N1CCC(c2ccccc2)=N1)C1CCCC1. The highest BCUT2D eigenvalue weighted by molar-refractivity contribution is 6.02. The van der Waals surface area contributed by atoms with Gasteiger partial charge in [0.05, 0.1) is 31.4 Å². The largest absolute Gasteiger partial charge is 0.278 e. The van der Waals surface area contributed by atoms with Gasteiger partial charge in [-0.2, -0.15) is 10.4 Å². The van der Waals surface area contributed by atoms with E-state index < -0.39 is 0 Å². The van der Waals surface area contributed by atoms with E-state index in [1.165, 1.54) is 12.8 Å². The third-order valence-electron chi connectivity index (χ3n) is 4.65. The molecule has 0 saturated heterocycles. The Bertz CT molecular complexity index is 614. The fraction of sp³-hybridized carbons (Fsp3) is 0.500. The summed E-state index contributed by atoms with van der Waals surface area (Å²) in [4.78, 5) is 14.6. The number of rotatable bonds is 5. The highest BCUT2D eigenvalue weighted by atomic mass is 16.2. The minimum atomic E-state index is -0.00178. The molecule has 1 saturated carbocycles. The molecule has 0 atom stereocenters. The molecule has 23 heavy (non-hydrogen) atoms. The Morgan fingerprint density at radius 2 is 2.04 bits per heavy atom. The standard InChI is InChI=1S/C18H22N4O/c19-11-13-21(16-8-4-5-9-16)14-18(23)22-12-10-17(20-22)15-6-2-1-3-7-15/h1-3,6-7,16H,4-5,8-10,12-14H2. The maximum atomic E-state index is 12.5. The highest BCUT2D eigenvalue weighted by Gasteiger charge is 2.28. The fourth-order valence-electron chi connectivity index (χ4n) is 3.40. The molecule has 1 aliphatic carbocycles. The van der Waals surface area contributed by atoms with Crippen molar-refractivity contribution >= 4 is 11.6 Å². The van der Waals surface area contributed by atoms with Crippen molar-refractivity contribution < 1.29 is 4.79 Å². The number of carbonyl (C=O) groups is 1. The quantitative estimate of drug-likeness (QED) is 0.785. The summed E-state index contributed by atoms with van der Waals surface area (Å²) in [6.07, 6.45) is 5.36. The predicted molar refractivity (Wildman–Crippen MR) is 88.8 cm³/mol. The average Bonchev–Trinajstić information content (AvgIpc) is 3.27. The predicted octanol–water partition coefficient (Wildman–Crippen LogP) is 2.39. The molecule has 1 amide bonds. The molecule has 1 aliphatic heterocycles. The van der Waals surface area contributed by atoms with Gasteiger partial charge in [-0.3, -0.25) is 9.69 Å². The lowest BCUT2D eigenvalue weighted by atomic mass is 10.1. The van der Waals surface area contributed by atoms with Gasteiger partial charge in [-0.1, -0.05) is 43.2 Å². The summed E-state index contributed by atoms with van der Waals surface area (Å²) < 4.78 is 0. The van der Waals surface area contributed by atoms with E-state index in [0.717, 1.165) is 30.5 Å². The lowest BCUT2D eigenvalue weighted by Crippen LogP contribution is -2.42. The molecule has 0 spiro atoms. The Kier molecular flexibility index (Phi) is 5.04. The summed E-state index contributed by atoms with van der Waals surface area (Å²) in [6.45, 7) is 1.25. The molecule has 1 heterocycles. The van der Waals surface area contributed by atoms with Crippen LogP contribution in [0.15, 0.2) is 35.4 Å². The van der Waals surface area contributed by atoms with Crippen molar-refractivity contribution in [1.29, 1.82) is 5.26 Å². The van der Waals surface area contributed by atoms with Crippen LogP contribution >= 0.6 is 0 Å². The molecule has 0 radical (unpaired) electrons. The molecule has 1 aromatic carbocycles. The number of benzene rings is 1. The van der Waals surface area contributed by atoms with E-state index in [9.17, 15) is 4.79 Å². The van der Waals surface area contributed by atoms with E-state index in [2.05, 4.69) is 11.2 Å². The van der Waals surface area contributed by atoms with Crippen molar-refractivity contribution in [2.24, 2.45) is 5.10 Å². The molecule has 3 rings (SSSR count). The van der Waals surface area contributed by atoms with E-state index in [0.29, 0.717) is 25.7 Å². The second-order valence-corrected chi connectivity index (χ2v) is 6.18. The van der Waals surface area contributed by atoms with Crippen molar-refractivity contribution in [1.82, 2.24) is 9.91 Å². The number of carbonyl (C=O) groups excluding carboxylic acids is 1. The zero-order valence-electron chi connectivity index (χ0n) is 13.3. The first-order chi connectivity index (χ1) is 11.3. The van der Waals surface area contributed by atoms with Crippen LogP contribution in [0.4, 0.5) is 0 Å². The highest BCUT2D eigenvalue weighted by Crippen LogP contribution is 2.23. The van der Waals surface area contributed by atoms with Gasteiger partial charge in [0.15, 0.2) is 0 Å². The van der Waals surface area contributed by atoms with Crippen molar-refractivity contribution in [2.75, 3.05) is 19.6 Å². The first-order valence-electron chi connectivity index (χ1n) is 8.32. The zero-order chi connectivity index (χ0) is 16.1. The van der Waals surface area contributed by atoms with E-state index in [1.54, 1.807) is 5.01 Å². The van der Waals surface area contributed by atoms with Crippen LogP contribution in [0.3, 0.4) is 0 Å². The van der Waals surface area contributed by atoms with Crippen LogP contribution in [0.25, 0.3) is 0 Å². The van der Waals surface area contributed by atoms with E-state index in [-0.39, 0.29) is 5.91 Å². The van der Waals surface area contributed by atoms with Gasteiger partial charge >= 0.3 is 0 Å². The van der Waals surface area contributed by atoms with Crippen LogP contribution in [-0.2, 0) is 4.79 Å². The second kappa shape index (κ2) is 7.38. The fourth-order valence-corrected chi connectivity index (χ4v) is 3.40.